The van der Waals surface area contributed by atoms with E-state index in [9.17, 15) is 0 Å². The third-order valence-corrected chi connectivity index (χ3v) is 3.36. The number of rotatable bonds is 6. The highest BCUT2D eigenvalue weighted by Gasteiger charge is 2.18. The second-order valence-electron chi connectivity index (χ2n) is 4.27. The van der Waals surface area contributed by atoms with Crippen LogP contribution in [0.2, 0.25) is 0 Å². The number of nitrogens with two attached hydrogens (primary N) is 1. The van der Waals surface area contributed by atoms with Gasteiger partial charge in [0.05, 0.1) is 0 Å². The average Bonchev–Trinajstić information content (AvgIpc) is 2.36. The van der Waals surface area contributed by atoms with E-state index >= 15 is 0 Å². The van der Waals surface area contributed by atoms with E-state index in [1.165, 1.54) is 11.1 Å². The van der Waals surface area contributed by atoms with Crippen molar-refractivity contribution in [3.8, 4) is 0 Å². The van der Waals surface area contributed by atoms with Gasteiger partial charge in [-0.15, -0.1) is 0 Å². The Morgan fingerprint density at radius 1 is 1.19 bits per heavy atom. The number of hydrogen-bond acceptors (Lipinski definition) is 2. The Morgan fingerprint density at radius 3 is 2.19 bits per heavy atom. The first-order valence-corrected chi connectivity index (χ1v) is 6.22. The van der Waals surface area contributed by atoms with Gasteiger partial charge in [0.1, 0.15) is 0 Å². The lowest BCUT2D eigenvalue weighted by molar-refractivity contribution is 0.378. The summed E-state index contributed by atoms with van der Waals surface area (Å²) in [6.45, 7) is 5.11. The summed E-state index contributed by atoms with van der Waals surface area (Å²) >= 11 is 0. The van der Waals surface area contributed by atoms with Gasteiger partial charge < -0.3 is 11.1 Å². The minimum Gasteiger partial charge on any atom is -0.330 e. The third-order valence-electron chi connectivity index (χ3n) is 3.36. The van der Waals surface area contributed by atoms with Gasteiger partial charge in [-0.2, -0.15) is 0 Å². The molecule has 2 nitrogen and oxygen atoms in total. The van der Waals surface area contributed by atoms with Gasteiger partial charge in [0.2, 0.25) is 0 Å². The zero-order valence-electron chi connectivity index (χ0n) is 10.7. The molecule has 0 spiro atoms. The Morgan fingerprint density at radius 2 is 1.81 bits per heavy atom. The zero-order chi connectivity index (χ0) is 12.0. The van der Waals surface area contributed by atoms with Crippen molar-refractivity contribution in [3.05, 3.63) is 35.4 Å². The van der Waals surface area contributed by atoms with Crippen LogP contribution in [-0.2, 0) is 6.42 Å². The van der Waals surface area contributed by atoms with E-state index in [1.54, 1.807) is 0 Å². The lowest BCUT2D eigenvalue weighted by Crippen LogP contribution is -2.30. The van der Waals surface area contributed by atoms with Crippen molar-refractivity contribution in [1.29, 1.82) is 0 Å². The standard InChI is InChI=1S/C14H24N2/c1-4-11-6-8-13(9-7-11)14(16-3)12(5-2)10-15/h6-9,12,14,16H,4-5,10,15H2,1-3H3. The van der Waals surface area contributed by atoms with Crippen LogP contribution < -0.4 is 11.1 Å². The maximum atomic E-state index is 5.81. The normalized spacial score (nSPS) is 14.8. The van der Waals surface area contributed by atoms with Gasteiger partial charge in [-0.25, -0.2) is 0 Å². The molecule has 0 aliphatic rings. The van der Waals surface area contributed by atoms with Crippen LogP contribution in [0.4, 0.5) is 0 Å². The van der Waals surface area contributed by atoms with Crippen molar-refractivity contribution in [2.45, 2.75) is 32.7 Å². The first-order valence-electron chi connectivity index (χ1n) is 6.22. The topological polar surface area (TPSA) is 38.0 Å². The molecular formula is C14H24N2. The summed E-state index contributed by atoms with van der Waals surface area (Å²) in [5.74, 6) is 0.512. The van der Waals surface area contributed by atoms with Crippen molar-refractivity contribution in [2.75, 3.05) is 13.6 Å². The van der Waals surface area contributed by atoms with Gasteiger partial charge in [0, 0.05) is 6.04 Å². The van der Waals surface area contributed by atoms with Gasteiger partial charge in [-0.05, 0) is 37.1 Å². The molecule has 2 atom stereocenters. The lowest BCUT2D eigenvalue weighted by atomic mass is 9.90. The monoisotopic (exact) mass is 220 g/mol. The number of nitrogens with one attached hydrogen (secondary N) is 1. The van der Waals surface area contributed by atoms with Gasteiger partial charge in [-0.1, -0.05) is 44.5 Å². The van der Waals surface area contributed by atoms with E-state index in [4.69, 9.17) is 5.73 Å². The van der Waals surface area contributed by atoms with Crippen LogP contribution >= 0.6 is 0 Å². The highest BCUT2D eigenvalue weighted by atomic mass is 14.9. The van der Waals surface area contributed by atoms with Crippen LogP contribution in [0, 0.1) is 5.92 Å². The van der Waals surface area contributed by atoms with Gasteiger partial charge in [0.25, 0.3) is 0 Å². The molecule has 2 unspecified atom stereocenters. The van der Waals surface area contributed by atoms with Gasteiger partial charge in [0.15, 0.2) is 0 Å². The van der Waals surface area contributed by atoms with Crippen LogP contribution in [0.1, 0.15) is 37.4 Å². The second kappa shape index (κ2) is 6.66. The number of benzene rings is 1. The zero-order valence-corrected chi connectivity index (χ0v) is 10.7. The molecule has 0 saturated carbocycles. The molecule has 2 heteroatoms. The average molecular weight is 220 g/mol. The molecule has 1 rings (SSSR count). The highest BCUT2D eigenvalue weighted by Crippen LogP contribution is 2.23. The molecule has 0 saturated heterocycles. The minimum absolute atomic E-state index is 0.376. The Balaban J connectivity index is 2.85. The molecule has 0 bridgehead atoms. The van der Waals surface area contributed by atoms with Crippen molar-refractivity contribution in [2.24, 2.45) is 11.7 Å². The Bertz CT molecular complexity index is 288. The molecule has 90 valence electrons. The molecule has 0 aliphatic carbocycles. The summed E-state index contributed by atoms with van der Waals surface area (Å²) in [5.41, 5.74) is 8.55. The summed E-state index contributed by atoms with van der Waals surface area (Å²) < 4.78 is 0. The first-order chi connectivity index (χ1) is 7.76. The molecule has 1 aromatic rings. The first kappa shape index (κ1) is 13.2. The maximum Gasteiger partial charge on any atom is 0.0358 e. The summed E-state index contributed by atoms with van der Waals surface area (Å²) in [6, 6.07) is 9.24. The maximum absolute atomic E-state index is 5.81. The summed E-state index contributed by atoms with van der Waals surface area (Å²) in [4.78, 5) is 0. The van der Waals surface area contributed by atoms with E-state index < -0.39 is 0 Å². The van der Waals surface area contributed by atoms with E-state index in [0.29, 0.717) is 12.0 Å². The summed E-state index contributed by atoms with van der Waals surface area (Å²) in [6.07, 6.45) is 2.20. The van der Waals surface area contributed by atoms with Crippen molar-refractivity contribution in [1.82, 2.24) is 5.32 Å². The van der Waals surface area contributed by atoms with Crippen molar-refractivity contribution >= 4 is 0 Å². The highest BCUT2D eigenvalue weighted by molar-refractivity contribution is 5.25. The second-order valence-corrected chi connectivity index (χ2v) is 4.27. The molecule has 0 aliphatic heterocycles. The van der Waals surface area contributed by atoms with Gasteiger partial charge >= 0.3 is 0 Å². The van der Waals surface area contributed by atoms with Crippen molar-refractivity contribution in [3.63, 3.8) is 0 Å². The Hall–Kier alpha value is -0.860. The smallest absolute Gasteiger partial charge is 0.0358 e. The molecule has 3 N–H and O–H groups in total. The SMILES string of the molecule is CCc1ccc(C(NC)C(CC)CN)cc1. The fraction of sp³-hybridized carbons (Fsp3) is 0.571. The summed E-state index contributed by atoms with van der Waals surface area (Å²) in [5, 5.41) is 3.38. The molecule has 1 aromatic carbocycles. The van der Waals surface area contributed by atoms with Crippen LogP contribution in [0.3, 0.4) is 0 Å². The van der Waals surface area contributed by atoms with Crippen molar-refractivity contribution < 1.29 is 0 Å². The molecule has 16 heavy (non-hydrogen) atoms. The molecule has 0 aromatic heterocycles. The van der Waals surface area contributed by atoms with E-state index in [0.717, 1.165) is 19.4 Å². The fourth-order valence-corrected chi connectivity index (χ4v) is 2.17. The molecule has 0 amide bonds. The number of aryl methyl sites for hydroxylation is 1. The van der Waals surface area contributed by atoms with Crippen LogP contribution in [-0.4, -0.2) is 13.6 Å². The van der Waals surface area contributed by atoms with E-state index in [2.05, 4.69) is 43.4 Å². The van der Waals surface area contributed by atoms with Crippen LogP contribution in [0.5, 0.6) is 0 Å². The van der Waals surface area contributed by atoms with E-state index in [-0.39, 0.29) is 0 Å². The van der Waals surface area contributed by atoms with Crippen LogP contribution in [0.15, 0.2) is 24.3 Å². The predicted molar refractivity (Wildman–Crippen MR) is 70.5 cm³/mol. The van der Waals surface area contributed by atoms with E-state index in [1.807, 2.05) is 7.05 Å². The molecule has 0 fully saturated rings. The quantitative estimate of drug-likeness (QED) is 0.773. The van der Waals surface area contributed by atoms with Crippen LogP contribution in [0.25, 0.3) is 0 Å². The summed E-state index contributed by atoms with van der Waals surface area (Å²) in [7, 11) is 2.01. The molecule has 0 heterocycles. The predicted octanol–water partition coefficient (Wildman–Crippen LogP) is 2.49. The fourth-order valence-electron chi connectivity index (χ4n) is 2.17. The molecule has 0 radical (unpaired) electrons. The van der Waals surface area contributed by atoms with Gasteiger partial charge in [-0.3, -0.25) is 0 Å². The number of hydrogen-bond donors (Lipinski definition) is 2. The Labute approximate surface area is 99.2 Å². The Kier molecular flexibility index (Phi) is 5.50. The minimum atomic E-state index is 0.376. The molecular weight excluding hydrogens is 196 g/mol. The third kappa shape index (κ3) is 3.06. The lowest BCUT2D eigenvalue weighted by Gasteiger charge is -2.25. The largest absolute Gasteiger partial charge is 0.330 e.